The van der Waals surface area contributed by atoms with E-state index in [0.29, 0.717) is 17.3 Å². The van der Waals surface area contributed by atoms with Crippen LogP contribution in [0.5, 0.6) is 11.6 Å². The minimum Gasteiger partial charge on any atom is -0.475 e. The number of benzene rings is 2. The van der Waals surface area contributed by atoms with Crippen LogP contribution in [0.3, 0.4) is 0 Å². The molecule has 0 unspecified atom stereocenters. The molecule has 0 saturated carbocycles. The summed E-state index contributed by atoms with van der Waals surface area (Å²) in [5, 5.41) is 13.8. The van der Waals surface area contributed by atoms with E-state index in [1.54, 1.807) is 18.3 Å². The fourth-order valence-electron chi connectivity index (χ4n) is 3.91. The van der Waals surface area contributed by atoms with Gasteiger partial charge in [-0.1, -0.05) is 23.7 Å². The highest BCUT2D eigenvalue weighted by atomic mass is 35.5. The molecule has 1 aliphatic heterocycles. The average Bonchev–Trinajstić information content (AvgIpc) is 2.99. The Labute approximate surface area is 258 Å². The van der Waals surface area contributed by atoms with Crippen molar-refractivity contribution in [2.45, 2.75) is 30.0 Å². The fourth-order valence-corrected chi connectivity index (χ4v) is 5.50. The van der Waals surface area contributed by atoms with Crippen molar-refractivity contribution in [3.05, 3.63) is 78.0 Å². The van der Waals surface area contributed by atoms with Crippen molar-refractivity contribution in [1.29, 1.82) is 0 Å². The van der Waals surface area contributed by atoms with E-state index < -0.39 is 28.0 Å². The van der Waals surface area contributed by atoms with E-state index in [9.17, 15) is 26.0 Å². The van der Waals surface area contributed by atoms with Crippen molar-refractivity contribution in [1.82, 2.24) is 25.3 Å². The summed E-state index contributed by atoms with van der Waals surface area (Å²) in [5.74, 6) is -2.97. The highest BCUT2D eigenvalue weighted by Gasteiger charge is 2.38. The van der Waals surface area contributed by atoms with Crippen molar-refractivity contribution in [2.75, 3.05) is 23.1 Å². The van der Waals surface area contributed by atoms with Gasteiger partial charge in [0.2, 0.25) is 11.8 Å². The van der Waals surface area contributed by atoms with E-state index in [1.165, 1.54) is 42.7 Å². The highest BCUT2D eigenvalue weighted by Crippen LogP contribution is 2.31. The predicted molar refractivity (Wildman–Crippen MR) is 155 cm³/mol. The first-order valence-corrected chi connectivity index (χ1v) is 14.9. The predicted octanol–water partition coefficient (Wildman–Crippen LogP) is 5.12. The zero-order valence-electron chi connectivity index (χ0n) is 22.9. The number of hydrogen-bond donors (Lipinski definition) is 4. The molecule has 3 heterocycles. The van der Waals surface area contributed by atoms with Crippen LogP contribution in [0.1, 0.15) is 12.8 Å². The number of anilines is 2. The van der Waals surface area contributed by atoms with Crippen molar-refractivity contribution in [3.63, 3.8) is 0 Å². The van der Waals surface area contributed by atoms with Gasteiger partial charge in [0.1, 0.15) is 10.6 Å². The van der Waals surface area contributed by atoms with Crippen LogP contribution in [0.2, 0.25) is 5.02 Å². The van der Waals surface area contributed by atoms with Gasteiger partial charge in [0.15, 0.2) is 11.5 Å². The molecule has 0 aliphatic carbocycles. The molecule has 238 valence electrons. The SMILES string of the molecule is O=C(O)C(F)(F)F.O=S(=O)(Nc1ccc(Oc2nccnc2-c2ccnc(N[C@H]3CCCNC3)n2)cc1F)c1ccccc1Cl. The third-order valence-electron chi connectivity index (χ3n) is 5.96. The summed E-state index contributed by atoms with van der Waals surface area (Å²) >= 11 is 5.99. The molecule has 45 heavy (non-hydrogen) atoms. The summed E-state index contributed by atoms with van der Waals surface area (Å²) in [4.78, 5) is 26.2. The molecule has 0 radical (unpaired) electrons. The third-order valence-corrected chi connectivity index (χ3v) is 7.83. The van der Waals surface area contributed by atoms with Gasteiger partial charge >= 0.3 is 12.1 Å². The average molecular weight is 670 g/mol. The van der Waals surface area contributed by atoms with Gasteiger partial charge in [-0.05, 0) is 49.7 Å². The Balaban J connectivity index is 0.000000591. The molecule has 18 heteroatoms. The van der Waals surface area contributed by atoms with Gasteiger partial charge in [-0.15, -0.1) is 0 Å². The molecule has 4 aromatic rings. The lowest BCUT2D eigenvalue weighted by molar-refractivity contribution is -0.192. The van der Waals surface area contributed by atoms with Gasteiger partial charge in [0.05, 0.1) is 16.4 Å². The number of nitrogens with zero attached hydrogens (tertiary/aromatic N) is 4. The van der Waals surface area contributed by atoms with Gasteiger partial charge in [-0.2, -0.15) is 13.2 Å². The normalized spacial score (nSPS) is 14.9. The number of alkyl halides is 3. The number of sulfonamides is 1. The second-order valence-corrected chi connectivity index (χ2v) is 11.3. The maximum atomic E-state index is 14.9. The lowest BCUT2D eigenvalue weighted by Gasteiger charge is -2.23. The molecular formula is C27H24ClF4N7O5S. The first-order chi connectivity index (χ1) is 21.3. The van der Waals surface area contributed by atoms with E-state index in [2.05, 4.69) is 35.3 Å². The van der Waals surface area contributed by atoms with Crippen LogP contribution < -0.4 is 20.1 Å². The van der Waals surface area contributed by atoms with Crippen LogP contribution in [-0.4, -0.2) is 64.7 Å². The van der Waals surface area contributed by atoms with Crippen molar-refractivity contribution >= 4 is 39.2 Å². The van der Waals surface area contributed by atoms with Crippen molar-refractivity contribution in [3.8, 4) is 23.0 Å². The topological polar surface area (TPSA) is 168 Å². The summed E-state index contributed by atoms with van der Waals surface area (Å²) in [6.07, 6.45) is 1.54. The molecule has 1 aliphatic rings. The second-order valence-electron chi connectivity index (χ2n) is 9.25. The standard InChI is InChI=1S/C25H23ClFN7O3S.C2HF3O2/c26-18-5-1-2-6-22(18)38(35,36)34-20-8-7-17(14-19(20)27)37-24-23(29-12-13-30-24)21-9-11-31-25(33-21)32-16-4-3-10-28-15-16;3-2(4,5)1(6)7/h1-2,5-9,11-14,16,28,34H,3-4,10,15H2,(H,31,32,33);(H,6,7)/t16-;/m0./s1. The minimum atomic E-state index is -5.08. The van der Waals surface area contributed by atoms with Crippen LogP contribution in [0.25, 0.3) is 11.4 Å². The molecule has 1 saturated heterocycles. The third kappa shape index (κ3) is 9.19. The Morgan fingerprint density at radius 3 is 2.47 bits per heavy atom. The quantitative estimate of drug-likeness (QED) is 0.184. The smallest absolute Gasteiger partial charge is 0.475 e. The monoisotopic (exact) mass is 669 g/mol. The number of piperidine rings is 1. The Hall–Kier alpha value is -4.61. The molecule has 1 atom stereocenters. The molecular weight excluding hydrogens is 646 g/mol. The fraction of sp³-hybridized carbons (Fsp3) is 0.222. The summed E-state index contributed by atoms with van der Waals surface area (Å²) < 4.78 is 80.0. The minimum absolute atomic E-state index is 0.0222. The summed E-state index contributed by atoms with van der Waals surface area (Å²) in [7, 11) is -4.11. The van der Waals surface area contributed by atoms with Crippen LogP contribution in [-0.2, 0) is 14.8 Å². The maximum absolute atomic E-state index is 14.9. The van der Waals surface area contributed by atoms with Crippen LogP contribution in [0.4, 0.5) is 29.2 Å². The maximum Gasteiger partial charge on any atom is 0.490 e. The molecule has 0 bridgehead atoms. The molecule has 2 aromatic carbocycles. The molecule has 12 nitrogen and oxygen atoms in total. The number of nitrogens with one attached hydrogen (secondary N) is 3. The Morgan fingerprint density at radius 2 is 1.80 bits per heavy atom. The Bertz CT molecular complexity index is 1760. The number of carboxylic acids is 1. The molecule has 1 fully saturated rings. The highest BCUT2D eigenvalue weighted by molar-refractivity contribution is 7.92. The van der Waals surface area contributed by atoms with Gasteiger partial charge in [-0.3, -0.25) is 4.72 Å². The van der Waals surface area contributed by atoms with E-state index in [4.69, 9.17) is 26.2 Å². The van der Waals surface area contributed by atoms with Crippen molar-refractivity contribution in [2.24, 2.45) is 0 Å². The Kier molecular flexibility index (Phi) is 10.7. The molecule has 2 aromatic heterocycles. The van der Waals surface area contributed by atoms with E-state index >= 15 is 0 Å². The molecule has 0 amide bonds. The van der Waals surface area contributed by atoms with E-state index in [1.807, 2.05) is 0 Å². The summed E-state index contributed by atoms with van der Waals surface area (Å²) in [6.45, 7) is 1.82. The Morgan fingerprint density at radius 1 is 1.07 bits per heavy atom. The summed E-state index contributed by atoms with van der Waals surface area (Å²) in [6, 6.07) is 11.5. The zero-order chi connectivity index (χ0) is 32.6. The van der Waals surface area contributed by atoms with Gasteiger partial charge in [-0.25, -0.2) is 37.5 Å². The summed E-state index contributed by atoms with van der Waals surface area (Å²) in [5.41, 5.74) is 0.544. The van der Waals surface area contributed by atoms with Crippen LogP contribution in [0, 0.1) is 5.82 Å². The molecule has 0 spiro atoms. The number of aliphatic carboxylic acids is 1. The van der Waals surface area contributed by atoms with E-state index in [0.717, 1.165) is 32.0 Å². The lowest BCUT2D eigenvalue weighted by Crippen LogP contribution is -2.38. The number of carbonyl (C=O) groups is 1. The molecule has 4 N–H and O–H groups in total. The number of ether oxygens (including phenoxy) is 1. The largest absolute Gasteiger partial charge is 0.490 e. The van der Waals surface area contributed by atoms with Crippen LogP contribution in [0.15, 0.2) is 72.0 Å². The molecule has 5 rings (SSSR count). The number of rotatable bonds is 8. The van der Waals surface area contributed by atoms with Gasteiger partial charge < -0.3 is 20.5 Å². The van der Waals surface area contributed by atoms with Crippen molar-refractivity contribution < 1.29 is 40.6 Å². The van der Waals surface area contributed by atoms with Gasteiger partial charge in [0.25, 0.3) is 10.0 Å². The number of aromatic nitrogens is 4. The van der Waals surface area contributed by atoms with E-state index in [-0.39, 0.29) is 33.3 Å². The first kappa shape index (κ1) is 33.3. The number of hydrogen-bond acceptors (Lipinski definition) is 10. The number of carboxylic acid groups (broad SMARTS) is 1. The number of halogens is 5. The van der Waals surface area contributed by atoms with Gasteiger partial charge in [0, 0.05) is 37.2 Å². The second kappa shape index (κ2) is 14.4. The lowest BCUT2D eigenvalue weighted by atomic mass is 10.1. The first-order valence-electron chi connectivity index (χ1n) is 13.0. The van der Waals surface area contributed by atoms with Crippen LogP contribution >= 0.6 is 11.6 Å². The zero-order valence-corrected chi connectivity index (χ0v) is 24.5.